The van der Waals surface area contributed by atoms with E-state index in [9.17, 15) is 4.79 Å². The Kier molecular flexibility index (Phi) is 5.03. The van der Waals surface area contributed by atoms with Crippen molar-refractivity contribution in [3.63, 3.8) is 0 Å². The molecule has 0 aliphatic carbocycles. The molecule has 26 heavy (non-hydrogen) atoms. The first-order chi connectivity index (χ1) is 12.5. The van der Waals surface area contributed by atoms with Gasteiger partial charge in [0.15, 0.2) is 0 Å². The van der Waals surface area contributed by atoms with Crippen molar-refractivity contribution in [3.8, 4) is 0 Å². The standard InChI is InChI=1S/C12H12.C10H11N3O/c1-2-10-7-8-11-5-3-4-6-12(11)9-10;1-6-5-7(2)13-4-3-8(9(11)14)10(13)12-6/h3-9H,2H2,1H3;3-5H,1-2H3,(H2,11,14). The molecular formula is C22H23N3O. The number of hydrogen-bond donors (Lipinski definition) is 1. The van der Waals surface area contributed by atoms with Crippen molar-refractivity contribution in [1.82, 2.24) is 9.38 Å². The Labute approximate surface area is 153 Å². The van der Waals surface area contributed by atoms with Crippen molar-refractivity contribution in [1.29, 1.82) is 0 Å². The molecule has 0 radical (unpaired) electrons. The van der Waals surface area contributed by atoms with Gasteiger partial charge in [-0.15, -0.1) is 0 Å². The highest BCUT2D eigenvalue weighted by molar-refractivity contribution is 5.99. The van der Waals surface area contributed by atoms with E-state index in [0.717, 1.165) is 17.8 Å². The number of carbonyl (C=O) groups is 1. The van der Waals surface area contributed by atoms with Gasteiger partial charge in [0.1, 0.15) is 5.65 Å². The number of nitrogens with two attached hydrogens (primary N) is 1. The van der Waals surface area contributed by atoms with Gasteiger partial charge in [-0.1, -0.05) is 49.4 Å². The van der Waals surface area contributed by atoms with Crippen molar-refractivity contribution >= 4 is 22.3 Å². The summed E-state index contributed by atoms with van der Waals surface area (Å²) in [6.45, 7) is 6.04. The minimum atomic E-state index is -0.440. The molecule has 0 atom stereocenters. The first-order valence-corrected chi connectivity index (χ1v) is 8.72. The van der Waals surface area contributed by atoms with E-state index < -0.39 is 5.91 Å². The van der Waals surface area contributed by atoms with Crippen LogP contribution in [0.1, 0.15) is 34.2 Å². The molecule has 0 aliphatic rings. The van der Waals surface area contributed by atoms with E-state index in [1.807, 2.05) is 24.3 Å². The van der Waals surface area contributed by atoms with Gasteiger partial charge < -0.3 is 10.1 Å². The maximum atomic E-state index is 11.1. The summed E-state index contributed by atoms with van der Waals surface area (Å²) in [5, 5.41) is 2.67. The van der Waals surface area contributed by atoms with E-state index in [2.05, 4.69) is 54.4 Å². The van der Waals surface area contributed by atoms with Crippen LogP contribution in [0.25, 0.3) is 16.4 Å². The lowest BCUT2D eigenvalue weighted by atomic mass is 10.1. The van der Waals surface area contributed by atoms with Gasteiger partial charge in [0.25, 0.3) is 5.91 Å². The zero-order valence-electron chi connectivity index (χ0n) is 15.4. The molecule has 0 saturated carbocycles. The van der Waals surface area contributed by atoms with Crippen LogP contribution in [0.2, 0.25) is 0 Å². The van der Waals surface area contributed by atoms with E-state index in [-0.39, 0.29) is 0 Å². The van der Waals surface area contributed by atoms with Crippen molar-refractivity contribution in [3.05, 3.63) is 83.3 Å². The molecule has 132 valence electrons. The number of hydrogen-bond acceptors (Lipinski definition) is 2. The molecule has 0 spiro atoms. The second kappa shape index (κ2) is 7.40. The quantitative estimate of drug-likeness (QED) is 0.583. The summed E-state index contributed by atoms with van der Waals surface area (Å²) in [5.74, 6) is -0.440. The highest BCUT2D eigenvalue weighted by atomic mass is 16.1. The fourth-order valence-corrected chi connectivity index (χ4v) is 3.04. The van der Waals surface area contributed by atoms with Crippen LogP contribution < -0.4 is 5.73 Å². The monoisotopic (exact) mass is 345 g/mol. The molecule has 4 nitrogen and oxygen atoms in total. The molecule has 0 fully saturated rings. The number of aromatic nitrogens is 2. The van der Waals surface area contributed by atoms with Gasteiger partial charge in [-0.05, 0) is 48.7 Å². The smallest absolute Gasteiger partial charge is 0.252 e. The van der Waals surface area contributed by atoms with Crippen molar-refractivity contribution in [2.24, 2.45) is 5.73 Å². The maximum absolute atomic E-state index is 11.1. The van der Waals surface area contributed by atoms with E-state index in [1.54, 1.807) is 12.3 Å². The maximum Gasteiger partial charge on any atom is 0.252 e. The third-order valence-corrected chi connectivity index (χ3v) is 4.43. The highest BCUT2D eigenvalue weighted by Crippen LogP contribution is 2.15. The van der Waals surface area contributed by atoms with Gasteiger partial charge in [0.05, 0.1) is 5.56 Å². The van der Waals surface area contributed by atoms with Gasteiger partial charge in [-0.25, -0.2) is 4.98 Å². The van der Waals surface area contributed by atoms with Gasteiger partial charge in [0, 0.05) is 17.6 Å². The summed E-state index contributed by atoms with van der Waals surface area (Å²) in [6.07, 6.45) is 2.92. The van der Waals surface area contributed by atoms with Crippen LogP contribution in [0.5, 0.6) is 0 Å². The number of fused-ring (bicyclic) bond motifs is 2. The van der Waals surface area contributed by atoms with E-state index >= 15 is 0 Å². The second-order valence-electron chi connectivity index (χ2n) is 6.36. The van der Waals surface area contributed by atoms with Crippen molar-refractivity contribution < 1.29 is 4.79 Å². The molecule has 2 aromatic heterocycles. The number of amides is 1. The summed E-state index contributed by atoms with van der Waals surface area (Å²) < 4.78 is 1.85. The van der Waals surface area contributed by atoms with Gasteiger partial charge in [-0.2, -0.15) is 0 Å². The number of rotatable bonds is 2. The lowest BCUT2D eigenvalue weighted by molar-refractivity contribution is 0.100. The van der Waals surface area contributed by atoms with Gasteiger partial charge >= 0.3 is 0 Å². The first kappa shape index (κ1) is 17.7. The Hall–Kier alpha value is -3.14. The number of benzene rings is 2. The minimum absolute atomic E-state index is 0.440. The zero-order valence-corrected chi connectivity index (χ0v) is 15.4. The molecule has 1 amide bonds. The molecule has 4 aromatic rings. The normalized spacial score (nSPS) is 10.6. The summed E-state index contributed by atoms with van der Waals surface area (Å²) in [7, 11) is 0. The number of carbonyl (C=O) groups excluding carboxylic acids is 1. The number of aryl methyl sites for hydroxylation is 3. The third-order valence-electron chi connectivity index (χ3n) is 4.43. The molecule has 0 unspecified atom stereocenters. The third kappa shape index (κ3) is 3.59. The van der Waals surface area contributed by atoms with Crippen LogP contribution in [-0.4, -0.2) is 15.3 Å². The van der Waals surface area contributed by atoms with Crippen molar-refractivity contribution in [2.45, 2.75) is 27.2 Å². The largest absolute Gasteiger partial charge is 0.365 e. The SMILES string of the molecule is CCc1ccc2ccccc2c1.Cc1cc(C)n2ccc(C(N)=O)c2n1. The van der Waals surface area contributed by atoms with Crippen LogP contribution in [0.3, 0.4) is 0 Å². The second-order valence-corrected chi connectivity index (χ2v) is 6.36. The summed E-state index contributed by atoms with van der Waals surface area (Å²) >= 11 is 0. The molecule has 2 heterocycles. The molecule has 0 aliphatic heterocycles. The summed E-state index contributed by atoms with van der Waals surface area (Å²) in [6, 6.07) is 18.8. The Morgan fingerprint density at radius 2 is 1.77 bits per heavy atom. The van der Waals surface area contributed by atoms with Crippen LogP contribution in [-0.2, 0) is 6.42 Å². The Morgan fingerprint density at radius 3 is 2.46 bits per heavy atom. The van der Waals surface area contributed by atoms with Crippen LogP contribution in [0.4, 0.5) is 0 Å². The van der Waals surface area contributed by atoms with E-state index in [0.29, 0.717) is 11.2 Å². The molecular weight excluding hydrogens is 322 g/mol. The highest BCUT2D eigenvalue weighted by Gasteiger charge is 2.10. The molecule has 4 heteroatoms. The lowest BCUT2D eigenvalue weighted by Crippen LogP contribution is -2.11. The van der Waals surface area contributed by atoms with Crippen molar-refractivity contribution in [2.75, 3.05) is 0 Å². The minimum Gasteiger partial charge on any atom is -0.365 e. The number of nitrogens with zero attached hydrogens (tertiary/aromatic N) is 2. The molecule has 0 saturated heterocycles. The summed E-state index contributed by atoms with van der Waals surface area (Å²) in [4.78, 5) is 15.3. The Morgan fingerprint density at radius 1 is 1.04 bits per heavy atom. The van der Waals surface area contributed by atoms with Crippen LogP contribution in [0, 0.1) is 13.8 Å². The van der Waals surface area contributed by atoms with E-state index in [4.69, 9.17) is 5.73 Å². The number of primary amides is 1. The molecule has 2 N–H and O–H groups in total. The van der Waals surface area contributed by atoms with E-state index in [1.165, 1.54) is 16.3 Å². The molecule has 4 rings (SSSR count). The Bertz CT molecular complexity index is 1080. The van der Waals surface area contributed by atoms with Crippen LogP contribution in [0.15, 0.2) is 60.8 Å². The van der Waals surface area contributed by atoms with Gasteiger partial charge in [0.2, 0.25) is 0 Å². The zero-order chi connectivity index (χ0) is 18.7. The topological polar surface area (TPSA) is 60.4 Å². The molecule has 0 bridgehead atoms. The molecule has 2 aromatic carbocycles. The average Bonchev–Trinajstić information content (AvgIpc) is 3.06. The predicted octanol–water partition coefficient (Wildman–Crippen LogP) is 4.45. The van der Waals surface area contributed by atoms with Crippen LogP contribution >= 0.6 is 0 Å². The lowest BCUT2D eigenvalue weighted by Gasteiger charge is -2.02. The fourth-order valence-electron chi connectivity index (χ4n) is 3.04. The Balaban J connectivity index is 0.000000152. The first-order valence-electron chi connectivity index (χ1n) is 8.72. The summed E-state index contributed by atoms with van der Waals surface area (Å²) in [5.41, 5.74) is 9.67. The predicted molar refractivity (Wildman–Crippen MR) is 107 cm³/mol. The fraction of sp³-hybridized carbons (Fsp3) is 0.182. The average molecular weight is 345 g/mol. The van der Waals surface area contributed by atoms with Gasteiger partial charge in [-0.3, -0.25) is 4.79 Å².